The van der Waals surface area contributed by atoms with Gasteiger partial charge in [-0.1, -0.05) is 32.0 Å². The third-order valence-electron chi connectivity index (χ3n) is 6.03. The first-order valence-corrected chi connectivity index (χ1v) is 12.8. The number of benzene rings is 2. The fourth-order valence-corrected chi connectivity index (χ4v) is 5.73. The quantitative estimate of drug-likeness (QED) is 0.311. The number of ketones is 1. The molecule has 0 unspecified atom stereocenters. The summed E-state index contributed by atoms with van der Waals surface area (Å²) in [6.07, 6.45) is 1.82. The highest BCUT2D eigenvalue weighted by molar-refractivity contribution is 7.89. The van der Waals surface area contributed by atoms with E-state index in [4.69, 9.17) is 9.47 Å². The second kappa shape index (κ2) is 9.93. The summed E-state index contributed by atoms with van der Waals surface area (Å²) in [4.78, 5) is 14.0. The molecule has 0 N–H and O–H groups in total. The van der Waals surface area contributed by atoms with Gasteiger partial charge in [0, 0.05) is 47.6 Å². The number of pyridine rings is 1. The molecule has 0 aliphatic heterocycles. The predicted molar refractivity (Wildman–Crippen MR) is 136 cm³/mol. The van der Waals surface area contributed by atoms with Gasteiger partial charge in [-0.25, -0.2) is 8.42 Å². The number of carbonyl (C=O) groups excluding carboxylic acids is 1. The number of nitrogens with zero attached hydrogens (tertiary/aromatic N) is 2. The van der Waals surface area contributed by atoms with Gasteiger partial charge in [0.2, 0.25) is 15.8 Å². The Morgan fingerprint density at radius 2 is 1.66 bits per heavy atom. The summed E-state index contributed by atoms with van der Waals surface area (Å²) in [5.41, 5.74) is 2.94. The molecule has 0 amide bonds. The van der Waals surface area contributed by atoms with Crippen molar-refractivity contribution in [3.63, 3.8) is 0 Å². The number of ether oxygens (including phenoxy) is 2. The summed E-state index contributed by atoms with van der Waals surface area (Å²) >= 11 is 0. The van der Waals surface area contributed by atoms with E-state index < -0.39 is 10.0 Å². The van der Waals surface area contributed by atoms with Crippen LogP contribution in [0.5, 0.6) is 11.5 Å². The molecule has 0 aliphatic carbocycles. The highest BCUT2D eigenvalue weighted by Gasteiger charge is 2.26. The molecule has 4 rings (SSSR count). The fourth-order valence-electron chi connectivity index (χ4n) is 4.23. The largest absolute Gasteiger partial charge is 0.497 e. The van der Waals surface area contributed by atoms with Crippen LogP contribution < -0.4 is 9.47 Å². The van der Waals surface area contributed by atoms with Crippen LogP contribution in [0.4, 0.5) is 0 Å². The zero-order chi connectivity index (χ0) is 25.2. The molecule has 0 fully saturated rings. The number of hydrogen-bond donors (Lipinski definition) is 0. The van der Waals surface area contributed by atoms with Gasteiger partial charge < -0.3 is 13.9 Å². The molecule has 8 heteroatoms. The van der Waals surface area contributed by atoms with Crippen molar-refractivity contribution in [3.05, 3.63) is 84.2 Å². The van der Waals surface area contributed by atoms with E-state index in [1.807, 2.05) is 47.0 Å². The van der Waals surface area contributed by atoms with Crippen LogP contribution in [0.2, 0.25) is 0 Å². The molecule has 182 valence electrons. The molecule has 4 aromatic rings. The molecule has 2 aromatic carbocycles. The highest BCUT2D eigenvalue weighted by atomic mass is 32.2. The monoisotopic (exact) mass is 492 g/mol. The molecular weight excluding hydrogens is 464 g/mol. The van der Waals surface area contributed by atoms with Crippen LogP contribution in [0.15, 0.2) is 77.8 Å². The van der Waals surface area contributed by atoms with Crippen LogP contribution in [-0.2, 0) is 10.0 Å². The highest BCUT2D eigenvalue weighted by Crippen LogP contribution is 2.38. The van der Waals surface area contributed by atoms with E-state index in [9.17, 15) is 13.2 Å². The number of carbonyl (C=O) groups is 1. The average Bonchev–Trinajstić information content (AvgIpc) is 3.27. The Labute approximate surface area is 205 Å². The number of rotatable bonds is 9. The summed E-state index contributed by atoms with van der Waals surface area (Å²) in [5.74, 6) is 0.907. The van der Waals surface area contributed by atoms with Crippen molar-refractivity contribution in [2.75, 3.05) is 27.3 Å². The molecule has 0 radical (unpaired) electrons. The Bertz CT molecular complexity index is 1490. The normalized spacial score (nSPS) is 11.7. The van der Waals surface area contributed by atoms with Crippen molar-refractivity contribution in [2.45, 2.75) is 18.7 Å². The maximum absolute atomic E-state index is 13.9. The van der Waals surface area contributed by atoms with Crippen LogP contribution >= 0.6 is 0 Å². The second-order valence-electron chi connectivity index (χ2n) is 7.91. The van der Waals surface area contributed by atoms with Crippen molar-refractivity contribution >= 4 is 21.3 Å². The maximum Gasteiger partial charge on any atom is 0.243 e. The molecule has 0 spiro atoms. The minimum Gasteiger partial charge on any atom is -0.497 e. The van der Waals surface area contributed by atoms with Crippen LogP contribution in [0, 0.1) is 0 Å². The van der Waals surface area contributed by atoms with E-state index in [1.54, 1.807) is 46.3 Å². The van der Waals surface area contributed by atoms with Gasteiger partial charge in [-0.05, 0) is 42.5 Å². The van der Waals surface area contributed by atoms with E-state index in [2.05, 4.69) is 0 Å². The number of fused-ring (bicyclic) bond motifs is 1. The Kier molecular flexibility index (Phi) is 6.95. The Morgan fingerprint density at radius 1 is 0.886 bits per heavy atom. The molecule has 2 heterocycles. The molecule has 0 atom stereocenters. The number of hydrogen-bond acceptors (Lipinski definition) is 5. The topological polar surface area (TPSA) is 77.3 Å². The Hall–Kier alpha value is -3.62. The van der Waals surface area contributed by atoms with E-state index in [0.29, 0.717) is 35.8 Å². The van der Waals surface area contributed by atoms with Gasteiger partial charge in [0.1, 0.15) is 17.2 Å². The lowest BCUT2D eigenvalue weighted by Crippen LogP contribution is -2.30. The number of methoxy groups -OCH3 is 2. The third kappa shape index (κ3) is 4.42. The summed E-state index contributed by atoms with van der Waals surface area (Å²) in [6, 6.07) is 19.2. The minimum atomic E-state index is -3.71. The Balaban J connectivity index is 1.90. The SMILES string of the molecule is CCN(CC)S(=O)(=O)c1cccc(C(=O)c2c(-c3ccc(OC)cc3OC)cc3ccccn23)c1. The van der Waals surface area contributed by atoms with Gasteiger partial charge in [0.25, 0.3) is 0 Å². The van der Waals surface area contributed by atoms with Gasteiger partial charge in [-0.15, -0.1) is 0 Å². The van der Waals surface area contributed by atoms with Crippen molar-refractivity contribution in [1.29, 1.82) is 0 Å². The van der Waals surface area contributed by atoms with Crippen molar-refractivity contribution in [3.8, 4) is 22.6 Å². The molecule has 0 bridgehead atoms. The smallest absolute Gasteiger partial charge is 0.243 e. The maximum atomic E-state index is 13.9. The lowest BCUT2D eigenvalue weighted by Gasteiger charge is -2.18. The first-order chi connectivity index (χ1) is 16.8. The van der Waals surface area contributed by atoms with E-state index in [1.165, 1.54) is 16.4 Å². The molecule has 35 heavy (non-hydrogen) atoms. The van der Waals surface area contributed by atoms with Crippen LogP contribution in [-0.4, -0.2) is 50.2 Å². The van der Waals surface area contributed by atoms with Crippen LogP contribution in [0.3, 0.4) is 0 Å². The van der Waals surface area contributed by atoms with Gasteiger partial charge in [0.15, 0.2) is 0 Å². The van der Waals surface area contributed by atoms with Crippen molar-refractivity contribution < 1.29 is 22.7 Å². The number of aromatic nitrogens is 1. The molecule has 0 saturated heterocycles. The van der Waals surface area contributed by atoms with Crippen molar-refractivity contribution in [2.24, 2.45) is 0 Å². The summed E-state index contributed by atoms with van der Waals surface area (Å²) in [5, 5.41) is 0. The molecule has 7 nitrogen and oxygen atoms in total. The first kappa shape index (κ1) is 24.5. The molecule has 0 saturated carbocycles. The van der Waals surface area contributed by atoms with Gasteiger partial charge in [-0.2, -0.15) is 4.31 Å². The van der Waals surface area contributed by atoms with Crippen molar-refractivity contribution in [1.82, 2.24) is 8.71 Å². The molecule has 2 aromatic heterocycles. The first-order valence-electron chi connectivity index (χ1n) is 11.3. The number of sulfonamides is 1. The van der Waals surface area contributed by atoms with E-state index >= 15 is 0 Å². The lowest BCUT2D eigenvalue weighted by molar-refractivity contribution is 0.103. The van der Waals surface area contributed by atoms with Gasteiger partial charge >= 0.3 is 0 Å². The van der Waals surface area contributed by atoms with E-state index in [0.717, 1.165) is 11.1 Å². The summed E-state index contributed by atoms with van der Waals surface area (Å²) in [7, 11) is -0.564. The molecule has 0 aliphatic rings. The van der Waals surface area contributed by atoms with Gasteiger partial charge in [-0.3, -0.25) is 4.79 Å². The Morgan fingerprint density at radius 3 is 2.34 bits per heavy atom. The third-order valence-corrected chi connectivity index (χ3v) is 8.08. The van der Waals surface area contributed by atoms with Crippen LogP contribution in [0.1, 0.15) is 29.9 Å². The zero-order valence-electron chi connectivity index (χ0n) is 20.2. The standard InChI is InChI=1S/C27H28N2O5S/c1-5-28(6-2)35(31,32)22-12-9-10-19(16-22)27(30)26-24(17-20-11-7-8-15-29(20)26)23-14-13-21(33-3)18-25(23)34-4/h7-18H,5-6H2,1-4H3. The second-order valence-corrected chi connectivity index (χ2v) is 9.85. The minimum absolute atomic E-state index is 0.0940. The lowest BCUT2D eigenvalue weighted by atomic mass is 9.99. The summed E-state index contributed by atoms with van der Waals surface area (Å²) < 4.78 is 40.3. The predicted octanol–water partition coefficient (Wildman–Crippen LogP) is 4.89. The summed E-state index contributed by atoms with van der Waals surface area (Å²) in [6.45, 7) is 4.28. The zero-order valence-corrected chi connectivity index (χ0v) is 21.0. The fraction of sp³-hybridized carbons (Fsp3) is 0.222. The van der Waals surface area contributed by atoms with E-state index in [-0.39, 0.29) is 16.2 Å². The molecular formula is C27H28N2O5S. The van der Waals surface area contributed by atoms with Crippen LogP contribution in [0.25, 0.3) is 16.6 Å². The average molecular weight is 493 g/mol. The van der Waals surface area contributed by atoms with Gasteiger partial charge in [0.05, 0.1) is 19.1 Å².